The van der Waals surface area contributed by atoms with E-state index in [1.165, 1.54) is 11.1 Å². The normalized spacial score (nSPS) is 11.5. The van der Waals surface area contributed by atoms with Gasteiger partial charge in [-0.1, -0.05) is 52.0 Å². The van der Waals surface area contributed by atoms with Gasteiger partial charge >= 0.3 is 0 Å². The first-order valence-corrected chi connectivity index (χ1v) is 15.2. The molecule has 0 N–H and O–H groups in total. The molecule has 0 saturated heterocycles. The Hall–Kier alpha value is -3.51. The van der Waals surface area contributed by atoms with Crippen molar-refractivity contribution in [3.05, 3.63) is 83.7 Å². The van der Waals surface area contributed by atoms with Crippen LogP contribution in [0, 0.1) is 5.92 Å². The summed E-state index contributed by atoms with van der Waals surface area (Å²) in [5, 5.41) is 0. The molecular weight excluding hydrogens is 510 g/mol. The van der Waals surface area contributed by atoms with Gasteiger partial charge in [-0.25, -0.2) is 4.98 Å². The van der Waals surface area contributed by atoms with Crippen molar-refractivity contribution >= 4 is 11.0 Å². The Morgan fingerprint density at radius 3 is 2.05 bits per heavy atom. The molecule has 41 heavy (non-hydrogen) atoms. The molecular formula is C35H47N3O3. The first kappa shape index (κ1) is 30.4. The monoisotopic (exact) mass is 557 g/mol. The van der Waals surface area contributed by atoms with E-state index in [0.717, 1.165) is 92.6 Å². The molecule has 0 fully saturated rings. The van der Waals surface area contributed by atoms with Crippen LogP contribution in [-0.4, -0.2) is 54.4 Å². The van der Waals surface area contributed by atoms with Crippen LogP contribution in [0.4, 0.5) is 0 Å². The SMILES string of the molecule is CCN(CC)CCCOc1ccc2nc(CCc3ccc(OCCc4ccc(OC)cc4)cc3)n(CC(C)C)c2c1. The minimum atomic E-state index is 0.527. The molecule has 4 aromatic rings. The summed E-state index contributed by atoms with van der Waals surface area (Å²) in [4.78, 5) is 7.46. The maximum atomic E-state index is 6.14. The van der Waals surface area contributed by atoms with Crippen molar-refractivity contribution in [1.82, 2.24) is 14.5 Å². The number of nitrogens with zero attached hydrogens (tertiary/aromatic N) is 3. The molecule has 6 nitrogen and oxygen atoms in total. The zero-order valence-corrected chi connectivity index (χ0v) is 25.6. The minimum Gasteiger partial charge on any atom is -0.497 e. The van der Waals surface area contributed by atoms with Gasteiger partial charge in [-0.3, -0.25) is 0 Å². The Morgan fingerprint density at radius 1 is 0.756 bits per heavy atom. The van der Waals surface area contributed by atoms with Gasteiger partial charge < -0.3 is 23.7 Å². The van der Waals surface area contributed by atoms with Crippen LogP contribution < -0.4 is 14.2 Å². The molecule has 3 aromatic carbocycles. The highest BCUT2D eigenvalue weighted by Gasteiger charge is 2.13. The summed E-state index contributed by atoms with van der Waals surface area (Å²) in [6.07, 6.45) is 3.71. The van der Waals surface area contributed by atoms with E-state index in [-0.39, 0.29) is 0 Å². The third-order valence-corrected chi connectivity index (χ3v) is 7.51. The van der Waals surface area contributed by atoms with E-state index in [1.807, 2.05) is 12.1 Å². The van der Waals surface area contributed by atoms with Gasteiger partial charge in [0.25, 0.3) is 0 Å². The molecule has 0 amide bonds. The molecule has 0 radical (unpaired) electrons. The van der Waals surface area contributed by atoms with Gasteiger partial charge in [-0.15, -0.1) is 0 Å². The van der Waals surface area contributed by atoms with Crippen LogP contribution in [0.3, 0.4) is 0 Å². The highest BCUT2D eigenvalue weighted by molar-refractivity contribution is 5.78. The standard InChI is InChI=1S/C35H47N3O3/c1-6-37(7-2)22-8-23-40-32-18-19-33-34(25-32)38(26-27(3)4)35(36-33)20-13-28-11-16-31(17-12-28)41-24-21-29-9-14-30(39-5)15-10-29/h9-12,14-19,25,27H,6-8,13,20-24,26H2,1-5H3. The van der Waals surface area contributed by atoms with Crippen molar-refractivity contribution in [3.8, 4) is 17.2 Å². The quantitative estimate of drug-likeness (QED) is 0.128. The zero-order valence-electron chi connectivity index (χ0n) is 25.6. The fraction of sp³-hybridized carbons (Fsp3) is 0.457. The Balaban J connectivity index is 1.33. The summed E-state index contributed by atoms with van der Waals surface area (Å²) in [7, 11) is 1.69. The smallest absolute Gasteiger partial charge is 0.121 e. The van der Waals surface area contributed by atoms with E-state index in [0.29, 0.717) is 12.5 Å². The lowest BCUT2D eigenvalue weighted by molar-refractivity contribution is 0.249. The van der Waals surface area contributed by atoms with Crippen molar-refractivity contribution < 1.29 is 14.2 Å². The Morgan fingerprint density at radius 2 is 1.39 bits per heavy atom. The predicted octanol–water partition coefficient (Wildman–Crippen LogP) is 7.22. The third-order valence-electron chi connectivity index (χ3n) is 7.51. The van der Waals surface area contributed by atoms with Gasteiger partial charge in [0.1, 0.15) is 23.1 Å². The molecule has 0 atom stereocenters. The predicted molar refractivity (Wildman–Crippen MR) is 169 cm³/mol. The summed E-state index contributed by atoms with van der Waals surface area (Å²) in [6.45, 7) is 14.5. The zero-order chi connectivity index (χ0) is 29.0. The highest BCUT2D eigenvalue weighted by Crippen LogP contribution is 2.25. The molecule has 220 valence electrons. The molecule has 0 unspecified atom stereocenters. The number of benzene rings is 3. The van der Waals surface area contributed by atoms with Gasteiger partial charge in [-0.2, -0.15) is 0 Å². The largest absolute Gasteiger partial charge is 0.497 e. The van der Waals surface area contributed by atoms with E-state index >= 15 is 0 Å². The number of aromatic nitrogens is 2. The first-order chi connectivity index (χ1) is 20.0. The van der Waals surface area contributed by atoms with Crippen molar-refractivity contribution in [1.29, 1.82) is 0 Å². The second kappa shape index (κ2) is 15.5. The van der Waals surface area contributed by atoms with E-state index < -0.39 is 0 Å². The van der Waals surface area contributed by atoms with Crippen LogP contribution in [0.5, 0.6) is 17.2 Å². The summed E-state index contributed by atoms with van der Waals surface area (Å²) >= 11 is 0. The maximum Gasteiger partial charge on any atom is 0.121 e. The fourth-order valence-electron chi connectivity index (χ4n) is 5.11. The molecule has 0 saturated carbocycles. The Kier molecular flexibility index (Phi) is 11.5. The topological polar surface area (TPSA) is 48.8 Å². The summed E-state index contributed by atoms with van der Waals surface area (Å²) in [5.41, 5.74) is 4.72. The molecule has 0 bridgehead atoms. The molecule has 4 rings (SSSR count). The number of fused-ring (bicyclic) bond motifs is 1. The third kappa shape index (κ3) is 8.99. The average molecular weight is 558 g/mol. The van der Waals surface area contributed by atoms with Crippen LogP contribution in [-0.2, 0) is 25.8 Å². The van der Waals surface area contributed by atoms with Crippen LogP contribution in [0.2, 0.25) is 0 Å². The van der Waals surface area contributed by atoms with Gasteiger partial charge in [0.15, 0.2) is 0 Å². The first-order valence-electron chi connectivity index (χ1n) is 15.2. The highest BCUT2D eigenvalue weighted by atomic mass is 16.5. The number of hydrogen-bond donors (Lipinski definition) is 0. The maximum absolute atomic E-state index is 6.14. The van der Waals surface area contributed by atoms with Gasteiger partial charge in [0.2, 0.25) is 0 Å². The van der Waals surface area contributed by atoms with Gasteiger partial charge in [-0.05, 0) is 79.4 Å². The summed E-state index contributed by atoms with van der Waals surface area (Å²) < 4.78 is 19.8. The van der Waals surface area contributed by atoms with Crippen molar-refractivity contribution in [2.45, 2.75) is 59.9 Å². The van der Waals surface area contributed by atoms with E-state index in [1.54, 1.807) is 7.11 Å². The molecule has 1 aromatic heterocycles. The van der Waals surface area contributed by atoms with Crippen LogP contribution in [0.1, 0.15) is 51.1 Å². The van der Waals surface area contributed by atoms with Crippen LogP contribution in [0.25, 0.3) is 11.0 Å². The van der Waals surface area contributed by atoms with Crippen LogP contribution in [0.15, 0.2) is 66.7 Å². The summed E-state index contributed by atoms with van der Waals surface area (Å²) in [5.74, 6) is 4.36. The summed E-state index contributed by atoms with van der Waals surface area (Å²) in [6, 6.07) is 23.0. The van der Waals surface area contributed by atoms with Crippen molar-refractivity contribution in [3.63, 3.8) is 0 Å². The lowest BCUT2D eigenvalue weighted by Crippen LogP contribution is -2.25. The fourth-order valence-corrected chi connectivity index (χ4v) is 5.11. The van der Waals surface area contributed by atoms with Crippen molar-refractivity contribution in [2.75, 3.05) is 40.0 Å². The second-order valence-corrected chi connectivity index (χ2v) is 11.0. The second-order valence-electron chi connectivity index (χ2n) is 11.0. The van der Waals surface area contributed by atoms with E-state index in [2.05, 4.69) is 91.8 Å². The van der Waals surface area contributed by atoms with E-state index in [4.69, 9.17) is 19.2 Å². The van der Waals surface area contributed by atoms with Crippen LogP contribution >= 0.6 is 0 Å². The van der Waals surface area contributed by atoms with Crippen molar-refractivity contribution in [2.24, 2.45) is 5.92 Å². The lowest BCUT2D eigenvalue weighted by atomic mass is 10.1. The minimum absolute atomic E-state index is 0.527. The molecule has 6 heteroatoms. The molecule has 0 aliphatic rings. The van der Waals surface area contributed by atoms with Gasteiger partial charge in [0.05, 0.1) is 31.4 Å². The van der Waals surface area contributed by atoms with Gasteiger partial charge in [0, 0.05) is 32.0 Å². The lowest BCUT2D eigenvalue weighted by Gasteiger charge is -2.17. The number of aryl methyl sites for hydroxylation is 2. The number of ether oxygens (including phenoxy) is 3. The number of hydrogen-bond acceptors (Lipinski definition) is 5. The Bertz CT molecular complexity index is 1330. The Labute approximate surface area is 246 Å². The number of imidazole rings is 1. The number of methoxy groups -OCH3 is 1. The molecule has 0 aliphatic carbocycles. The average Bonchev–Trinajstić information content (AvgIpc) is 3.33. The number of rotatable bonds is 17. The molecule has 0 spiro atoms. The molecule has 0 aliphatic heterocycles. The van der Waals surface area contributed by atoms with E-state index in [9.17, 15) is 0 Å². The molecule has 1 heterocycles.